The van der Waals surface area contributed by atoms with Crippen molar-refractivity contribution in [1.82, 2.24) is 0 Å². The monoisotopic (exact) mass is 256 g/mol. The Morgan fingerprint density at radius 3 is 1.94 bits per heavy atom. The van der Waals surface area contributed by atoms with Gasteiger partial charge >= 0.3 is 0 Å². The summed E-state index contributed by atoms with van der Waals surface area (Å²) < 4.78 is 0. The maximum Gasteiger partial charge on any atom is 0.122 e. The summed E-state index contributed by atoms with van der Waals surface area (Å²) in [7, 11) is 0. The van der Waals surface area contributed by atoms with Crippen LogP contribution in [-0.4, -0.2) is 17.5 Å². The van der Waals surface area contributed by atoms with Gasteiger partial charge in [0.1, 0.15) is 6.29 Å². The first kappa shape index (κ1) is 17.6. The molecule has 18 heavy (non-hydrogen) atoms. The Kier molecular flexibility index (Phi) is 12.8. The molecule has 0 spiro atoms. The molecular weight excluding hydrogens is 224 g/mol. The van der Waals surface area contributed by atoms with Gasteiger partial charge in [-0.15, -0.1) is 0 Å². The highest BCUT2D eigenvalue weighted by Crippen LogP contribution is 2.13. The molecule has 0 heterocycles. The van der Waals surface area contributed by atoms with Crippen LogP contribution < -0.4 is 0 Å². The molecule has 0 saturated carbocycles. The van der Waals surface area contributed by atoms with Gasteiger partial charge in [0.25, 0.3) is 0 Å². The van der Waals surface area contributed by atoms with E-state index in [9.17, 15) is 9.90 Å². The molecule has 108 valence electrons. The molecule has 2 atom stereocenters. The van der Waals surface area contributed by atoms with E-state index in [2.05, 4.69) is 6.92 Å². The van der Waals surface area contributed by atoms with Gasteiger partial charge in [0, 0.05) is 5.92 Å². The van der Waals surface area contributed by atoms with Crippen molar-refractivity contribution in [2.75, 3.05) is 0 Å². The second-order valence-corrected chi connectivity index (χ2v) is 5.62. The summed E-state index contributed by atoms with van der Waals surface area (Å²) in [6.07, 6.45) is 13.9. The second-order valence-electron chi connectivity index (χ2n) is 5.62. The Hall–Kier alpha value is -0.370. The van der Waals surface area contributed by atoms with Gasteiger partial charge in [-0.05, 0) is 12.8 Å². The lowest BCUT2D eigenvalue weighted by molar-refractivity contribution is -0.111. The van der Waals surface area contributed by atoms with Crippen LogP contribution in [0.1, 0.15) is 84.5 Å². The molecular formula is C16H32O2. The maximum absolute atomic E-state index is 10.5. The number of aliphatic hydroxyl groups is 1. The lowest BCUT2D eigenvalue weighted by atomic mass is 10.00. The standard InChI is InChI=1S/C16H32O2/c1-3-4-5-6-7-8-9-10-11-12-16(18)13-15(2)14-17/h14-16,18H,3-13H2,1-2H3. The molecule has 0 saturated heterocycles. The third-order valence-electron chi connectivity index (χ3n) is 3.52. The second kappa shape index (κ2) is 13.1. The number of unbranched alkanes of at least 4 members (excludes halogenated alkanes) is 8. The average molecular weight is 256 g/mol. The first-order valence-electron chi connectivity index (χ1n) is 7.84. The van der Waals surface area contributed by atoms with E-state index in [-0.39, 0.29) is 12.0 Å². The van der Waals surface area contributed by atoms with Crippen molar-refractivity contribution in [3.63, 3.8) is 0 Å². The third-order valence-corrected chi connectivity index (χ3v) is 3.52. The van der Waals surface area contributed by atoms with Crippen LogP contribution in [0.4, 0.5) is 0 Å². The quantitative estimate of drug-likeness (QED) is 0.389. The fourth-order valence-electron chi connectivity index (χ4n) is 2.29. The van der Waals surface area contributed by atoms with Crippen molar-refractivity contribution >= 4 is 6.29 Å². The lowest BCUT2D eigenvalue weighted by Gasteiger charge is -2.11. The maximum atomic E-state index is 10.5. The number of aldehydes is 1. The van der Waals surface area contributed by atoms with Crippen molar-refractivity contribution < 1.29 is 9.90 Å². The van der Waals surface area contributed by atoms with Crippen molar-refractivity contribution in [2.45, 2.75) is 90.6 Å². The molecule has 2 nitrogen and oxygen atoms in total. The molecule has 0 aliphatic carbocycles. The first-order valence-corrected chi connectivity index (χ1v) is 7.84. The summed E-state index contributed by atoms with van der Waals surface area (Å²) >= 11 is 0. The largest absolute Gasteiger partial charge is 0.393 e. The van der Waals surface area contributed by atoms with Crippen LogP contribution in [-0.2, 0) is 4.79 Å². The van der Waals surface area contributed by atoms with Crippen molar-refractivity contribution in [3.05, 3.63) is 0 Å². The van der Waals surface area contributed by atoms with E-state index in [0.717, 1.165) is 19.1 Å². The van der Waals surface area contributed by atoms with Gasteiger partial charge in [-0.25, -0.2) is 0 Å². The van der Waals surface area contributed by atoms with Crippen LogP contribution >= 0.6 is 0 Å². The zero-order valence-corrected chi connectivity index (χ0v) is 12.4. The Balaban J connectivity index is 3.17. The summed E-state index contributed by atoms with van der Waals surface area (Å²) in [5.41, 5.74) is 0. The molecule has 0 fully saturated rings. The van der Waals surface area contributed by atoms with Gasteiger partial charge in [-0.3, -0.25) is 0 Å². The van der Waals surface area contributed by atoms with E-state index in [4.69, 9.17) is 0 Å². The van der Waals surface area contributed by atoms with Crippen LogP contribution in [0.3, 0.4) is 0 Å². The zero-order chi connectivity index (χ0) is 13.6. The minimum atomic E-state index is -0.283. The molecule has 0 aromatic carbocycles. The Morgan fingerprint density at radius 2 is 1.44 bits per heavy atom. The SMILES string of the molecule is CCCCCCCCCCCC(O)CC(C)C=O. The van der Waals surface area contributed by atoms with Crippen LogP contribution in [0.2, 0.25) is 0 Å². The summed E-state index contributed by atoms with van der Waals surface area (Å²) in [5, 5.41) is 9.69. The fraction of sp³-hybridized carbons (Fsp3) is 0.938. The zero-order valence-electron chi connectivity index (χ0n) is 12.4. The predicted octanol–water partition coefficient (Wildman–Crippen LogP) is 4.49. The topological polar surface area (TPSA) is 37.3 Å². The minimum absolute atomic E-state index is 0.00133. The molecule has 0 aliphatic heterocycles. The van der Waals surface area contributed by atoms with Crippen molar-refractivity contribution in [1.29, 1.82) is 0 Å². The van der Waals surface area contributed by atoms with Crippen molar-refractivity contribution in [3.8, 4) is 0 Å². The molecule has 2 unspecified atom stereocenters. The highest BCUT2D eigenvalue weighted by Gasteiger charge is 2.08. The summed E-state index contributed by atoms with van der Waals surface area (Å²) in [4.78, 5) is 10.5. The molecule has 0 bridgehead atoms. The number of carbonyl (C=O) groups is 1. The number of hydrogen-bond donors (Lipinski definition) is 1. The molecule has 0 radical (unpaired) electrons. The van der Waals surface area contributed by atoms with E-state index < -0.39 is 0 Å². The van der Waals surface area contributed by atoms with Crippen LogP contribution in [0, 0.1) is 5.92 Å². The molecule has 2 heteroatoms. The van der Waals surface area contributed by atoms with E-state index in [1.54, 1.807) is 0 Å². The summed E-state index contributed by atoms with van der Waals surface area (Å²) in [6.45, 7) is 4.11. The van der Waals surface area contributed by atoms with E-state index in [1.807, 2.05) is 6.92 Å². The van der Waals surface area contributed by atoms with Crippen molar-refractivity contribution in [2.24, 2.45) is 5.92 Å². The van der Waals surface area contributed by atoms with Gasteiger partial charge < -0.3 is 9.90 Å². The number of aliphatic hydroxyl groups excluding tert-OH is 1. The Morgan fingerprint density at radius 1 is 0.944 bits per heavy atom. The predicted molar refractivity (Wildman–Crippen MR) is 77.7 cm³/mol. The molecule has 1 N–H and O–H groups in total. The lowest BCUT2D eigenvalue weighted by Crippen LogP contribution is -2.12. The van der Waals surface area contributed by atoms with Gasteiger partial charge in [0.15, 0.2) is 0 Å². The first-order chi connectivity index (χ1) is 8.70. The van der Waals surface area contributed by atoms with Crippen LogP contribution in [0.15, 0.2) is 0 Å². The van der Waals surface area contributed by atoms with E-state index in [1.165, 1.54) is 51.4 Å². The number of carbonyl (C=O) groups excluding carboxylic acids is 1. The van der Waals surface area contributed by atoms with Gasteiger partial charge in [-0.1, -0.05) is 71.6 Å². The van der Waals surface area contributed by atoms with Gasteiger partial charge in [-0.2, -0.15) is 0 Å². The normalized spacial score (nSPS) is 14.4. The van der Waals surface area contributed by atoms with Gasteiger partial charge in [0.2, 0.25) is 0 Å². The molecule has 0 aliphatic rings. The smallest absolute Gasteiger partial charge is 0.122 e. The highest BCUT2D eigenvalue weighted by molar-refractivity contribution is 5.52. The Bertz CT molecular complexity index is 180. The molecule has 0 rings (SSSR count). The van der Waals surface area contributed by atoms with E-state index in [0.29, 0.717) is 6.42 Å². The van der Waals surface area contributed by atoms with Crippen LogP contribution in [0.5, 0.6) is 0 Å². The van der Waals surface area contributed by atoms with Crippen LogP contribution in [0.25, 0.3) is 0 Å². The summed E-state index contributed by atoms with van der Waals surface area (Å²) in [5.74, 6) is -0.00133. The number of rotatable bonds is 13. The summed E-state index contributed by atoms with van der Waals surface area (Å²) in [6, 6.07) is 0. The highest BCUT2D eigenvalue weighted by atomic mass is 16.3. The molecule has 0 amide bonds. The molecule has 0 aromatic heterocycles. The Labute approximate surface area is 113 Å². The molecule has 0 aromatic rings. The van der Waals surface area contributed by atoms with E-state index >= 15 is 0 Å². The number of hydrogen-bond acceptors (Lipinski definition) is 2. The minimum Gasteiger partial charge on any atom is -0.393 e. The fourth-order valence-corrected chi connectivity index (χ4v) is 2.29. The van der Waals surface area contributed by atoms with Gasteiger partial charge in [0.05, 0.1) is 6.10 Å². The third kappa shape index (κ3) is 12.1. The average Bonchev–Trinajstić information content (AvgIpc) is 2.36.